The van der Waals surface area contributed by atoms with E-state index in [1.807, 2.05) is 0 Å². The molecule has 0 radical (unpaired) electrons. The van der Waals surface area contributed by atoms with Crippen molar-refractivity contribution < 1.29 is 26.0 Å². The minimum absolute atomic E-state index is 0.0219. The molecule has 1 atom stereocenters. The maximum absolute atomic E-state index is 13.8. The molecule has 24 heavy (non-hydrogen) atoms. The number of urea groups is 1. The van der Waals surface area contributed by atoms with Crippen LogP contribution in [0.5, 0.6) is 0 Å². The van der Waals surface area contributed by atoms with Crippen molar-refractivity contribution in [3.63, 3.8) is 0 Å². The summed E-state index contributed by atoms with van der Waals surface area (Å²) in [5.74, 6) is -0.967. The normalized spacial score (nSPS) is 22.8. The topological polar surface area (TPSA) is 121 Å². The molecule has 3 N–H and O–H groups in total. The second-order valence-electron chi connectivity index (χ2n) is 6.05. The summed E-state index contributed by atoms with van der Waals surface area (Å²) in [5.41, 5.74) is -1.07. The molecule has 0 bridgehead atoms. The van der Waals surface area contributed by atoms with Gasteiger partial charge >= 0.3 is 6.03 Å². The zero-order valence-corrected chi connectivity index (χ0v) is 14.7. The van der Waals surface area contributed by atoms with E-state index >= 15 is 0 Å². The standard InChI is InChI=1S/C13H18FN3O5S2/c1-13(5-6-24(21,22)8-13)16-12(18)15-11-7-9(3-4-10(11)14)17-23(2,19)20/h3-4,7,17H,5-6,8H2,1-2H3,(H2,15,16,18)/t13-/m1/s1. The third-order valence-electron chi connectivity index (χ3n) is 3.44. The first-order valence-electron chi connectivity index (χ1n) is 6.94. The number of nitrogens with one attached hydrogen (secondary N) is 3. The van der Waals surface area contributed by atoms with E-state index < -0.39 is 37.2 Å². The molecule has 8 nitrogen and oxygen atoms in total. The molecule has 1 fully saturated rings. The highest BCUT2D eigenvalue weighted by Crippen LogP contribution is 2.24. The zero-order chi connectivity index (χ0) is 18.2. The van der Waals surface area contributed by atoms with E-state index in [1.165, 1.54) is 6.07 Å². The molecule has 0 spiro atoms. The Morgan fingerprint density at radius 2 is 2.00 bits per heavy atom. The van der Waals surface area contributed by atoms with Crippen LogP contribution >= 0.6 is 0 Å². The first-order chi connectivity index (χ1) is 10.9. The molecule has 1 saturated heterocycles. The Hall–Kier alpha value is -1.88. The van der Waals surface area contributed by atoms with Crippen molar-refractivity contribution in [3.8, 4) is 0 Å². The van der Waals surface area contributed by atoms with Gasteiger partial charge in [0.1, 0.15) is 5.82 Å². The molecule has 0 saturated carbocycles. The molecule has 1 heterocycles. The van der Waals surface area contributed by atoms with E-state index in [0.717, 1.165) is 18.4 Å². The summed E-state index contributed by atoms with van der Waals surface area (Å²) in [6.45, 7) is 1.59. The largest absolute Gasteiger partial charge is 0.332 e. The summed E-state index contributed by atoms with van der Waals surface area (Å²) >= 11 is 0. The third-order valence-corrected chi connectivity index (χ3v) is 5.95. The van der Waals surface area contributed by atoms with E-state index in [1.54, 1.807) is 6.92 Å². The van der Waals surface area contributed by atoms with Gasteiger partial charge in [0.25, 0.3) is 0 Å². The molecule has 1 aliphatic heterocycles. The van der Waals surface area contributed by atoms with Crippen molar-refractivity contribution in [2.24, 2.45) is 0 Å². The smallest absolute Gasteiger partial charge is 0.319 e. The lowest BCUT2D eigenvalue weighted by Crippen LogP contribution is -2.48. The second-order valence-corrected chi connectivity index (χ2v) is 9.98. The zero-order valence-electron chi connectivity index (χ0n) is 13.1. The molecule has 2 rings (SSSR count). The van der Waals surface area contributed by atoms with Gasteiger partial charge in [-0.1, -0.05) is 0 Å². The van der Waals surface area contributed by atoms with E-state index in [2.05, 4.69) is 15.4 Å². The van der Waals surface area contributed by atoms with Crippen molar-refractivity contribution in [2.45, 2.75) is 18.9 Å². The molecular weight excluding hydrogens is 361 g/mol. The monoisotopic (exact) mass is 379 g/mol. The molecule has 1 aromatic rings. The van der Waals surface area contributed by atoms with Crippen LogP contribution in [0.2, 0.25) is 0 Å². The van der Waals surface area contributed by atoms with Crippen molar-refractivity contribution in [3.05, 3.63) is 24.0 Å². The van der Waals surface area contributed by atoms with Gasteiger partial charge in [0.2, 0.25) is 10.0 Å². The fourth-order valence-corrected chi connectivity index (χ4v) is 5.08. The minimum atomic E-state index is -3.54. The van der Waals surface area contributed by atoms with E-state index in [9.17, 15) is 26.0 Å². The summed E-state index contributed by atoms with van der Waals surface area (Å²) in [6, 6.07) is 2.57. The second kappa shape index (κ2) is 6.20. The number of hydrogen-bond acceptors (Lipinski definition) is 5. The highest BCUT2D eigenvalue weighted by atomic mass is 32.2. The molecule has 134 valence electrons. The lowest BCUT2D eigenvalue weighted by atomic mass is 10.0. The summed E-state index contributed by atoms with van der Waals surface area (Å²) in [5, 5.41) is 4.78. The van der Waals surface area contributed by atoms with Crippen LogP contribution in [-0.2, 0) is 19.9 Å². The van der Waals surface area contributed by atoms with Crippen LogP contribution in [-0.4, -0.2) is 46.2 Å². The first-order valence-corrected chi connectivity index (χ1v) is 10.7. The third kappa shape index (κ3) is 5.06. The van der Waals surface area contributed by atoms with Gasteiger partial charge in [-0.2, -0.15) is 0 Å². The van der Waals surface area contributed by atoms with Gasteiger partial charge in [-0.25, -0.2) is 26.0 Å². The fourth-order valence-electron chi connectivity index (χ4n) is 2.44. The average molecular weight is 379 g/mol. The van der Waals surface area contributed by atoms with E-state index in [4.69, 9.17) is 0 Å². The summed E-state index contributed by atoms with van der Waals surface area (Å²) < 4.78 is 61.4. The minimum Gasteiger partial charge on any atom is -0.332 e. The molecule has 1 aromatic carbocycles. The molecule has 0 aliphatic carbocycles. The van der Waals surface area contributed by atoms with Gasteiger partial charge in [-0.05, 0) is 31.5 Å². The first kappa shape index (κ1) is 18.5. The van der Waals surface area contributed by atoms with Crippen LogP contribution in [0.15, 0.2) is 18.2 Å². The van der Waals surface area contributed by atoms with Crippen LogP contribution in [0.25, 0.3) is 0 Å². The lowest BCUT2D eigenvalue weighted by Gasteiger charge is -2.24. The molecule has 1 aliphatic rings. The number of sulfone groups is 1. The number of carbonyl (C=O) groups is 1. The van der Waals surface area contributed by atoms with Gasteiger partial charge in [0, 0.05) is 0 Å². The Morgan fingerprint density at radius 3 is 2.54 bits per heavy atom. The SMILES string of the molecule is C[C@@]1(NC(=O)Nc2cc(NS(C)(=O)=O)ccc2F)CCS(=O)(=O)C1. The van der Waals surface area contributed by atoms with Crippen molar-refractivity contribution >= 4 is 37.3 Å². The quantitative estimate of drug-likeness (QED) is 0.717. The highest BCUT2D eigenvalue weighted by molar-refractivity contribution is 7.92. The number of anilines is 2. The van der Waals surface area contributed by atoms with E-state index in [0.29, 0.717) is 0 Å². The van der Waals surface area contributed by atoms with Gasteiger partial charge in [0.15, 0.2) is 9.84 Å². The Balaban J connectivity index is 2.10. The highest BCUT2D eigenvalue weighted by Gasteiger charge is 2.39. The lowest BCUT2D eigenvalue weighted by molar-refractivity contribution is 0.242. The maximum Gasteiger partial charge on any atom is 0.319 e. The van der Waals surface area contributed by atoms with E-state index in [-0.39, 0.29) is 29.3 Å². The summed E-state index contributed by atoms with van der Waals surface area (Å²) in [7, 11) is -6.75. The van der Waals surface area contributed by atoms with Crippen LogP contribution in [0.1, 0.15) is 13.3 Å². The molecule has 2 amide bonds. The number of rotatable bonds is 4. The Morgan fingerprint density at radius 1 is 1.33 bits per heavy atom. The number of carbonyl (C=O) groups excluding carboxylic acids is 1. The van der Waals surface area contributed by atoms with Crippen LogP contribution in [0, 0.1) is 5.82 Å². The fraction of sp³-hybridized carbons (Fsp3) is 0.462. The summed E-state index contributed by atoms with van der Waals surface area (Å²) in [4.78, 5) is 12.0. The number of sulfonamides is 1. The van der Waals surface area contributed by atoms with Crippen molar-refractivity contribution in [1.82, 2.24) is 5.32 Å². The van der Waals surface area contributed by atoms with Gasteiger partial charge < -0.3 is 10.6 Å². The van der Waals surface area contributed by atoms with Crippen LogP contribution in [0.3, 0.4) is 0 Å². The molecule has 0 aromatic heterocycles. The number of amides is 2. The number of hydrogen-bond donors (Lipinski definition) is 3. The number of halogens is 1. The van der Waals surface area contributed by atoms with Crippen LogP contribution < -0.4 is 15.4 Å². The van der Waals surface area contributed by atoms with Crippen molar-refractivity contribution in [1.29, 1.82) is 0 Å². The van der Waals surface area contributed by atoms with Crippen LogP contribution in [0.4, 0.5) is 20.6 Å². The van der Waals surface area contributed by atoms with Gasteiger partial charge in [-0.3, -0.25) is 4.72 Å². The maximum atomic E-state index is 13.8. The Bertz CT molecular complexity index is 870. The number of benzene rings is 1. The van der Waals surface area contributed by atoms with Gasteiger partial charge in [0.05, 0.1) is 34.7 Å². The Kier molecular flexibility index (Phi) is 4.77. The Labute approximate surface area is 139 Å². The molecule has 0 unspecified atom stereocenters. The summed E-state index contributed by atoms with van der Waals surface area (Å²) in [6.07, 6.45) is 1.21. The predicted molar refractivity (Wildman–Crippen MR) is 88.7 cm³/mol. The average Bonchev–Trinajstić information content (AvgIpc) is 2.65. The van der Waals surface area contributed by atoms with Gasteiger partial charge in [-0.15, -0.1) is 0 Å². The molecular formula is C13H18FN3O5S2. The van der Waals surface area contributed by atoms with Crippen molar-refractivity contribution in [2.75, 3.05) is 27.8 Å². The molecule has 11 heteroatoms. The predicted octanol–water partition coefficient (Wildman–Crippen LogP) is 0.896.